The molecule has 0 saturated heterocycles. The van der Waals surface area contributed by atoms with Crippen LogP contribution in [0, 0.1) is 5.92 Å². The summed E-state index contributed by atoms with van der Waals surface area (Å²) in [6, 6.07) is -0.267. The second-order valence-corrected chi connectivity index (χ2v) is 9.98. The first kappa shape index (κ1) is 54.3. The van der Waals surface area contributed by atoms with Crippen molar-refractivity contribution in [3.8, 4) is 0 Å². The number of carbonyl (C=O) groups excluding carboxylic acids is 3. The van der Waals surface area contributed by atoms with E-state index in [1.54, 1.807) is 6.92 Å². The Labute approximate surface area is 271 Å². The molecule has 10 heteroatoms. The van der Waals surface area contributed by atoms with Gasteiger partial charge in [-0.25, -0.2) is 0 Å². The fourth-order valence-corrected chi connectivity index (χ4v) is 3.41. The lowest BCUT2D eigenvalue weighted by atomic mass is 10.0. The van der Waals surface area contributed by atoms with Gasteiger partial charge in [0.2, 0.25) is 0 Å². The number of carbonyl (C=O) groups is 5. The molecule has 0 amide bonds. The molecule has 2 atom stereocenters. The van der Waals surface area contributed by atoms with Crippen molar-refractivity contribution in [1.82, 2.24) is 9.80 Å². The van der Waals surface area contributed by atoms with Crippen molar-refractivity contribution >= 4 is 30.3 Å². The number of aliphatic hydroxyl groups excluding tert-OH is 1. The molecule has 0 aliphatic heterocycles. The molecule has 3 N–H and O–H groups in total. The van der Waals surface area contributed by atoms with Gasteiger partial charge in [0, 0.05) is 39.5 Å². The van der Waals surface area contributed by atoms with E-state index >= 15 is 0 Å². The third kappa shape index (κ3) is 52.5. The number of nitrogens with zero attached hydrogens (tertiary/aromatic N) is 2. The van der Waals surface area contributed by atoms with Gasteiger partial charge in [0.05, 0.1) is 12.6 Å². The van der Waals surface area contributed by atoms with Crippen molar-refractivity contribution in [1.29, 1.82) is 0 Å². The fraction of sp³-hybridized carbons (Fsp3) is 0.853. The number of carboxylic acid groups (broad SMARTS) is 2. The van der Waals surface area contributed by atoms with Gasteiger partial charge in [-0.2, -0.15) is 0 Å². The van der Waals surface area contributed by atoms with Crippen LogP contribution in [-0.4, -0.2) is 101 Å². The fourth-order valence-electron chi connectivity index (χ4n) is 3.41. The molecule has 0 aliphatic carbocycles. The van der Waals surface area contributed by atoms with E-state index in [0.717, 1.165) is 51.5 Å². The van der Waals surface area contributed by atoms with Gasteiger partial charge < -0.3 is 29.7 Å². The minimum absolute atomic E-state index is 0.0208. The number of aliphatic carboxylic acids is 2. The molecule has 0 aromatic carbocycles. The average molecular weight is 637 g/mol. The molecule has 0 spiro atoms. The number of hydrogen-bond acceptors (Lipinski definition) is 8. The SMILES string of the molecule is CC.CCC(=O)O.CCC=O.CCCCC[C@H](C)CC.CCCN(CCN(CCC)C(C=O)CCC(C)=O)CC(=O)O.CO. The molecular formula is C34H72N2O8. The molecule has 0 aromatic rings. The lowest BCUT2D eigenvalue weighted by molar-refractivity contribution is -0.138. The predicted octanol–water partition coefficient (Wildman–Crippen LogP) is 6.76. The molecular weight excluding hydrogens is 564 g/mol. The molecule has 0 bridgehead atoms. The smallest absolute Gasteiger partial charge is 0.317 e. The highest BCUT2D eigenvalue weighted by Crippen LogP contribution is 2.11. The van der Waals surface area contributed by atoms with Gasteiger partial charge in [-0.3, -0.25) is 19.4 Å². The average Bonchev–Trinajstić information content (AvgIpc) is 3.02. The summed E-state index contributed by atoms with van der Waals surface area (Å²) in [4.78, 5) is 55.8. The third-order valence-corrected chi connectivity index (χ3v) is 6.00. The maximum absolute atomic E-state index is 11.3. The van der Waals surface area contributed by atoms with Crippen molar-refractivity contribution in [2.75, 3.05) is 39.8 Å². The first-order valence-corrected chi connectivity index (χ1v) is 16.7. The largest absolute Gasteiger partial charge is 0.481 e. The summed E-state index contributed by atoms with van der Waals surface area (Å²) in [6.07, 6.45) is 12.4. The Morgan fingerprint density at radius 1 is 0.750 bits per heavy atom. The molecule has 0 aliphatic rings. The van der Waals surface area contributed by atoms with Gasteiger partial charge in [0.25, 0.3) is 0 Å². The summed E-state index contributed by atoms with van der Waals surface area (Å²) < 4.78 is 0. The van der Waals surface area contributed by atoms with Crippen LogP contribution in [0.2, 0.25) is 0 Å². The van der Waals surface area contributed by atoms with Crippen LogP contribution in [-0.2, 0) is 24.0 Å². The Morgan fingerprint density at radius 3 is 1.57 bits per heavy atom. The first-order chi connectivity index (χ1) is 20.9. The number of rotatable bonds is 21. The standard InChI is InChI=1S/C16H30N2O4.C9H20.C3H6O2.C3H6O.C2H6.CH4O/c1-4-8-17(12-16(21)22)10-11-18(9-5-2)15(13-19)7-6-14(3)20;1-4-6-7-8-9(3)5-2;1-2-3(4)5;1-2-3-4;2*1-2/h13,15H,4-12H2,1-3H3,(H,21,22);9H,4-8H2,1-3H3;2H2,1H3,(H,4,5);3H,2H2,1H3;1-2H3;2H,1H3/t;9-;;;;/m.1..../s1. The zero-order valence-corrected chi connectivity index (χ0v) is 30.4. The van der Waals surface area contributed by atoms with E-state index in [4.69, 9.17) is 15.3 Å². The molecule has 10 nitrogen and oxygen atoms in total. The van der Waals surface area contributed by atoms with Crippen molar-refractivity contribution in [3.05, 3.63) is 0 Å². The number of carboxylic acids is 2. The number of hydrogen-bond donors (Lipinski definition) is 3. The van der Waals surface area contributed by atoms with Crippen LogP contribution in [0.4, 0.5) is 0 Å². The van der Waals surface area contributed by atoms with Crippen molar-refractivity contribution in [3.63, 3.8) is 0 Å². The number of aldehydes is 2. The normalized spacial score (nSPS) is 10.8. The van der Waals surface area contributed by atoms with E-state index < -0.39 is 11.9 Å². The van der Waals surface area contributed by atoms with Crippen molar-refractivity contribution in [2.24, 2.45) is 5.92 Å². The molecule has 0 rings (SSSR count). The Kier molecular flexibility index (Phi) is 59.0. The zero-order chi connectivity index (χ0) is 35.8. The molecule has 0 saturated carbocycles. The molecule has 1 unspecified atom stereocenters. The van der Waals surface area contributed by atoms with Crippen LogP contribution in [0.1, 0.15) is 140 Å². The van der Waals surface area contributed by atoms with Gasteiger partial charge >= 0.3 is 11.9 Å². The number of ketones is 1. The second-order valence-electron chi connectivity index (χ2n) is 9.98. The highest BCUT2D eigenvalue weighted by Gasteiger charge is 2.19. The lowest BCUT2D eigenvalue weighted by Gasteiger charge is -2.30. The van der Waals surface area contributed by atoms with Crippen LogP contribution in [0.5, 0.6) is 0 Å². The Morgan fingerprint density at radius 2 is 1.25 bits per heavy atom. The molecule has 0 aromatic heterocycles. The summed E-state index contributed by atoms with van der Waals surface area (Å²) in [5, 5.41) is 23.7. The molecule has 0 heterocycles. The number of unbranched alkanes of at least 4 members (excludes halogenated alkanes) is 2. The lowest BCUT2D eigenvalue weighted by Crippen LogP contribution is -2.43. The first-order valence-electron chi connectivity index (χ1n) is 16.7. The van der Waals surface area contributed by atoms with Gasteiger partial charge in [0.1, 0.15) is 18.4 Å². The van der Waals surface area contributed by atoms with Gasteiger partial charge in [-0.15, -0.1) is 0 Å². The molecule has 44 heavy (non-hydrogen) atoms. The van der Waals surface area contributed by atoms with Crippen LogP contribution < -0.4 is 0 Å². The van der Waals surface area contributed by atoms with Crippen molar-refractivity contribution < 1.29 is 39.3 Å². The highest BCUT2D eigenvalue weighted by atomic mass is 16.4. The molecule has 0 fully saturated rings. The van der Waals surface area contributed by atoms with Gasteiger partial charge in [-0.05, 0) is 45.2 Å². The number of Topliss-reactive ketones (excluding diaryl/α,β-unsaturated/α-hetero) is 1. The minimum Gasteiger partial charge on any atom is -0.481 e. The van der Waals surface area contributed by atoms with Crippen LogP contribution in [0.3, 0.4) is 0 Å². The topological polar surface area (TPSA) is 153 Å². The van der Waals surface area contributed by atoms with Crippen molar-refractivity contribution in [2.45, 2.75) is 146 Å². The van der Waals surface area contributed by atoms with Crippen LogP contribution in [0.25, 0.3) is 0 Å². The zero-order valence-electron chi connectivity index (χ0n) is 30.4. The maximum atomic E-state index is 11.3. The van der Waals surface area contributed by atoms with E-state index in [0.29, 0.717) is 32.4 Å². The Bertz CT molecular complexity index is 618. The maximum Gasteiger partial charge on any atom is 0.317 e. The van der Waals surface area contributed by atoms with Gasteiger partial charge in [0.15, 0.2) is 0 Å². The van der Waals surface area contributed by atoms with Crippen LogP contribution >= 0.6 is 0 Å². The summed E-state index contributed by atoms with van der Waals surface area (Å²) in [5.41, 5.74) is 0. The second kappa shape index (κ2) is 47.8. The van der Waals surface area contributed by atoms with E-state index in [1.807, 2.05) is 39.5 Å². The highest BCUT2D eigenvalue weighted by molar-refractivity contribution is 5.76. The monoisotopic (exact) mass is 637 g/mol. The summed E-state index contributed by atoms with van der Waals surface area (Å²) >= 11 is 0. The summed E-state index contributed by atoms with van der Waals surface area (Å²) in [7, 11) is 1.00. The third-order valence-electron chi connectivity index (χ3n) is 6.00. The van der Waals surface area contributed by atoms with E-state index in [2.05, 4.69) is 25.7 Å². The predicted molar refractivity (Wildman–Crippen MR) is 183 cm³/mol. The van der Waals surface area contributed by atoms with E-state index in [1.165, 1.54) is 39.0 Å². The van der Waals surface area contributed by atoms with E-state index in [9.17, 15) is 24.0 Å². The van der Waals surface area contributed by atoms with E-state index in [-0.39, 0.29) is 24.8 Å². The Hall–Kier alpha value is -2.17. The van der Waals surface area contributed by atoms with Gasteiger partial charge in [-0.1, -0.05) is 94.4 Å². The minimum atomic E-state index is -0.834. The Balaban J connectivity index is -0.000000134. The summed E-state index contributed by atoms with van der Waals surface area (Å²) in [6.45, 7) is 22.7. The summed E-state index contributed by atoms with van der Waals surface area (Å²) in [5.74, 6) is -0.539. The molecule has 0 radical (unpaired) electrons. The number of aliphatic hydroxyl groups is 1. The van der Waals surface area contributed by atoms with Crippen LogP contribution in [0.15, 0.2) is 0 Å². The quantitative estimate of drug-likeness (QED) is 0.0910. The molecule has 266 valence electrons.